The van der Waals surface area contributed by atoms with Gasteiger partial charge in [0, 0.05) is 111 Å². The molecular weight excluding hydrogens is 1400 g/mol. The number of thiazole rings is 1. The van der Waals surface area contributed by atoms with Gasteiger partial charge in [0.25, 0.3) is 0 Å². The average Bonchev–Trinajstić information content (AvgIpc) is 1.66. The maximum absolute atomic E-state index is 5.33. The Balaban J connectivity index is 0.000000625. The highest BCUT2D eigenvalue weighted by molar-refractivity contribution is 7.12. The van der Waals surface area contributed by atoms with Crippen LogP contribution in [-0.2, 0) is 0 Å². The predicted molar refractivity (Wildman–Crippen MR) is 483 cm³/mol. The molecule has 9 rings (SSSR count). The Morgan fingerprint density at radius 3 is 0.928 bits per heavy atom. The summed E-state index contributed by atoms with van der Waals surface area (Å²) in [6.45, 7) is 80.2. The highest BCUT2D eigenvalue weighted by Gasteiger charge is 2.15. The Morgan fingerprint density at radius 2 is 0.640 bits per heavy atom. The molecule has 0 radical (unpaired) electrons. The van der Waals surface area contributed by atoms with Crippen molar-refractivity contribution >= 4 is 22.7 Å². The first kappa shape index (κ1) is 102. The molecule has 0 N–H and O–H groups in total. The third-order valence-electron chi connectivity index (χ3n) is 18.3. The molecule has 0 amide bonds. The maximum Gasteiger partial charge on any atom is 0.216 e. The summed E-state index contributed by atoms with van der Waals surface area (Å²) in [5.74, 6) is 12.2. The number of ether oxygens (including phenoxy) is 2. The van der Waals surface area contributed by atoms with Crippen molar-refractivity contribution in [1.82, 2.24) is 49.8 Å². The topological polar surface area (TPSA) is 147 Å². The number of hydrogen-bond acceptors (Lipinski definition) is 14. The van der Waals surface area contributed by atoms with Crippen molar-refractivity contribution in [1.29, 1.82) is 0 Å². The van der Waals surface area contributed by atoms with Crippen molar-refractivity contribution < 1.29 is 9.47 Å². The molecular formula is C97H154N10O2S2. The highest BCUT2D eigenvalue weighted by Crippen LogP contribution is 2.32. The average molecular weight is 1560 g/mol. The zero-order valence-electron chi connectivity index (χ0n) is 77.0. The number of aromatic nitrogens is 10. The Bertz CT molecular complexity index is 3420. The fourth-order valence-corrected chi connectivity index (χ4v) is 12.1. The molecule has 0 aromatic carbocycles. The van der Waals surface area contributed by atoms with Crippen LogP contribution in [-0.4, -0.2) is 64.1 Å². The molecule has 0 atom stereocenters. The van der Waals surface area contributed by atoms with Gasteiger partial charge >= 0.3 is 0 Å². The second kappa shape index (κ2) is 52.3. The zero-order valence-corrected chi connectivity index (χ0v) is 78.6. The minimum atomic E-state index is 0.408. The van der Waals surface area contributed by atoms with Gasteiger partial charge < -0.3 is 9.47 Å². The lowest BCUT2D eigenvalue weighted by molar-refractivity contribution is 0.388. The Hall–Kier alpha value is -7.16. The molecule has 14 heteroatoms. The summed E-state index contributed by atoms with van der Waals surface area (Å²) in [5.41, 5.74) is 16.8. The van der Waals surface area contributed by atoms with Crippen molar-refractivity contribution in [2.75, 3.05) is 14.2 Å². The number of thiophene rings is 1. The van der Waals surface area contributed by atoms with E-state index in [0.29, 0.717) is 107 Å². The monoisotopic (exact) mass is 1560 g/mol. The molecule has 0 saturated heterocycles. The van der Waals surface area contributed by atoms with Gasteiger partial charge in [0.1, 0.15) is 11.6 Å². The largest absolute Gasteiger partial charge is 0.495 e. The molecule has 0 bridgehead atoms. The standard InChI is InChI=1S/2C12H19NO.C12H19N.2C11H17N.2C10H16N2.C10H16S.C9H15NS/c1-8(2)10-6-11(14-5)12(9(3)4)13-7-10;1-8(2)10-6-7-11(9(3)4)13-12(10)14-5;1-8(2)11-7-13-12(9(3)4)6-10(11)5;2*1-8(2)10-5-6-11(9(3)4)12-7-10;1-7(2)9-5-12-10(6-11-9)8(3)4;1-7(2)9-5-11-10(8(3)4)12-6-9;1-7(2)9-5-6-10(11-9)8(3)4;1-6(2)8-5-10-9(11-8)7(3)4/h2*6-9H,1-5H3;6-9H,1-5H3;2*5-9H,1-4H3;2*5-8H,1-4H3;5-8H,1-4H3;5-7H,1-4H3. The van der Waals surface area contributed by atoms with E-state index in [9.17, 15) is 0 Å². The fraction of sp³-hybridized carbons (Fsp3) is 0.588. The summed E-state index contributed by atoms with van der Waals surface area (Å²) >= 11 is 3.79. The summed E-state index contributed by atoms with van der Waals surface area (Å²) in [6.07, 6.45) is 17.5. The van der Waals surface area contributed by atoms with Crippen molar-refractivity contribution in [3.05, 3.63) is 221 Å². The van der Waals surface area contributed by atoms with Crippen LogP contribution >= 0.6 is 22.7 Å². The smallest absolute Gasteiger partial charge is 0.216 e. The molecule has 12 nitrogen and oxygen atoms in total. The van der Waals surface area contributed by atoms with E-state index in [1.54, 1.807) is 14.2 Å². The quantitative estimate of drug-likeness (QED) is 0.0715. The van der Waals surface area contributed by atoms with Crippen LogP contribution in [0, 0.1) is 6.92 Å². The van der Waals surface area contributed by atoms with Gasteiger partial charge in [-0.3, -0.25) is 29.9 Å². The van der Waals surface area contributed by atoms with Gasteiger partial charge in [-0.2, -0.15) is 0 Å². The molecule has 0 aliphatic rings. The second-order valence-electron chi connectivity index (χ2n) is 34.6. The molecule has 0 saturated carbocycles. The van der Waals surface area contributed by atoms with Gasteiger partial charge in [-0.1, -0.05) is 267 Å². The summed E-state index contributed by atoms with van der Waals surface area (Å²) < 4.78 is 10.6. The first-order valence-electron chi connectivity index (χ1n) is 41.5. The lowest BCUT2D eigenvalue weighted by atomic mass is 9.98. The molecule has 0 spiro atoms. The van der Waals surface area contributed by atoms with E-state index in [2.05, 4.69) is 367 Å². The SMILES string of the molecule is CC(C)c1ccc(C(C)C)nc1.CC(C)c1ccc(C(C)C)nc1.CC(C)c1ccc(C(C)C)s1.CC(C)c1cnc(C(C)C)cn1.CC(C)c1cnc(C(C)C)nc1.CC(C)c1cnc(C(C)C)s1.COc1cc(C(C)C)cnc1C(C)C.COc1nc(C(C)C)ccc1C(C)C.Cc1cc(C(C)C)ncc1C(C)C. The molecule has 9 aromatic heterocycles. The fourth-order valence-electron chi connectivity index (χ4n) is 10.2. The molecule has 111 heavy (non-hydrogen) atoms. The third-order valence-corrected chi connectivity index (χ3v) is 21.6. The predicted octanol–water partition coefficient (Wildman–Crippen LogP) is 29.8. The Kier molecular flexibility index (Phi) is 48.0. The van der Waals surface area contributed by atoms with E-state index in [4.69, 9.17) is 9.47 Å². The summed E-state index contributed by atoms with van der Waals surface area (Å²) in [5, 5.41) is 1.26. The lowest BCUT2D eigenvalue weighted by Gasteiger charge is -2.13. The van der Waals surface area contributed by atoms with Crippen molar-refractivity contribution in [3.8, 4) is 11.6 Å². The van der Waals surface area contributed by atoms with Gasteiger partial charge in [0.2, 0.25) is 5.88 Å². The van der Waals surface area contributed by atoms with Crippen LogP contribution in [0.4, 0.5) is 0 Å². The molecule has 0 fully saturated rings. The third kappa shape index (κ3) is 38.0. The number of rotatable bonds is 20. The Morgan fingerprint density at radius 1 is 0.252 bits per heavy atom. The van der Waals surface area contributed by atoms with E-state index in [-0.39, 0.29) is 0 Å². The minimum absolute atomic E-state index is 0.408. The normalized spacial score (nSPS) is 11.2. The van der Waals surface area contributed by atoms with Crippen LogP contribution in [0.1, 0.15) is 460 Å². The first-order valence-corrected chi connectivity index (χ1v) is 43.1. The minimum Gasteiger partial charge on any atom is -0.495 e. The maximum atomic E-state index is 5.33. The number of aryl methyl sites for hydroxylation is 1. The summed E-state index contributed by atoms with van der Waals surface area (Å²) in [6, 6.07) is 21.6. The van der Waals surface area contributed by atoms with Crippen LogP contribution in [0.3, 0.4) is 0 Å². The number of hydrogen-bond donors (Lipinski definition) is 0. The van der Waals surface area contributed by atoms with Gasteiger partial charge in [-0.15, -0.1) is 22.7 Å². The van der Waals surface area contributed by atoms with E-state index in [1.165, 1.54) is 75.7 Å². The van der Waals surface area contributed by atoms with Gasteiger partial charge in [0.15, 0.2) is 0 Å². The summed E-state index contributed by atoms with van der Waals surface area (Å²) in [4.78, 5) is 48.2. The molecule has 9 heterocycles. The second-order valence-corrected chi connectivity index (χ2v) is 36.8. The first-order chi connectivity index (χ1) is 51.8. The number of nitrogens with zero attached hydrogens (tertiary/aromatic N) is 10. The van der Waals surface area contributed by atoms with E-state index >= 15 is 0 Å². The highest BCUT2D eigenvalue weighted by atomic mass is 32.1. The summed E-state index contributed by atoms with van der Waals surface area (Å²) in [7, 11) is 3.38. The molecule has 9 aromatic rings. The molecule has 0 aliphatic heterocycles. The number of pyridine rings is 5. The number of methoxy groups -OCH3 is 2. The van der Waals surface area contributed by atoms with Crippen LogP contribution in [0.15, 0.2) is 116 Å². The van der Waals surface area contributed by atoms with Crippen LogP contribution in [0.2, 0.25) is 0 Å². The molecule has 616 valence electrons. The lowest BCUT2D eigenvalue weighted by Crippen LogP contribution is -2.01. The van der Waals surface area contributed by atoms with Crippen molar-refractivity contribution in [3.63, 3.8) is 0 Å². The van der Waals surface area contributed by atoms with Crippen molar-refractivity contribution in [2.45, 2.75) is 363 Å². The van der Waals surface area contributed by atoms with E-state index in [0.717, 1.165) is 40.2 Å². The van der Waals surface area contributed by atoms with Gasteiger partial charge in [0.05, 0.1) is 36.3 Å². The van der Waals surface area contributed by atoms with Crippen LogP contribution in [0.5, 0.6) is 11.6 Å². The van der Waals surface area contributed by atoms with Crippen molar-refractivity contribution in [2.24, 2.45) is 0 Å². The van der Waals surface area contributed by atoms with Crippen LogP contribution < -0.4 is 9.47 Å². The molecule has 0 aliphatic carbocycles. The Labute approximate surface area is 686 Å². The zero-order chi connectivity index (χ0) is 84.9. The van der Waals surface area contributed by atoms with Gasteiger partial charge in [-0.05, 0) is 177 Å². The van der Waals surface area contributed by atoms with E-state index in [1.807, 2.05) is 78.4 Å². The van der Waals surface area contributed by atoms with Crippen LogP contribution in [0.25, 0.3) is 0 Å². The van der Waals surface area contributed by atoms with Gasteiger partial charge in [-0.25, -0.2) is 19.9 Å². The molecule has 0 unspecified atom stereocenters. The van der Waals surface area contributed by atoms with E-state index < -0.39 is 0 Å².